The van der Waals surface area contributed by atoms with Crippen LogP contribution in [0.1, 0.15) is 23.5 Å². The Morgan fingerprint density at radius 1 is 1.34 bits per heavy atom. The third-order valence-electron chi connectivity index (χ3n) is 4.74. The lowest BCUT2D eigenvalue weighted by Crippen LogP contribution is -2.43. The lowest BCUT2D eigenvalue weighted by molar-refractivity contribution is -0.109. The molecule has 1 aliphatic rings. The molecule has 3 aromatic rings. The fourth-order valence-corrected chi connectivity index (χ4v) is 4.36. The number of hydrogen-bond acceptors (Lipinski definition) is 7. The van der Waals surface area contributed by atoms with Crippen LogP contribution in [0.25, 0.3) is 11.3 Å². The normalized spacial score (nSPS) is 18.2. The minimum absolute atomic E-state index is 0.230. The number of halogens is 1. The van der Waals surface area contributed by atoms with Crippen LogP contribution < -0.4 is 15.5 Å². The van der Waals surface area contributed by atoms with Crippen LogP contribution >= 0.6 is 11.3 Å². The van der Waals surface area contributed by atoms with Crippen LogP contribution in [-0.4, -0.2) is 35.4 Å². The molecular formula is C19H18FN5O3S. The largest absolute Gasteiger partial charge is 0.431 e. The molecule has 0 saturated carbocycles. The van der Waals surface area contributed by atoms with Crippen molar-refractivity contribution < 1.29 is 18.4 Å². The van der Waals surface area contributed by atoms with E-state index in [0.29, 0.717) is 28.8 Å². The van der Waals surface area contributed by atoms with Crippen LogP contribution in [-0.2, 0) is 11.2 Å². The number of carbonyl (C=O) groups excluding carboxylic acids is 2. The Balaban J connectivity index is 1.65. The molecule has 150 valence electrons. The van der Waals surface area contributed by atoms with Gasteiger partial charge in [-0.15, -0.1) is 0 Å². The van der Waals surface area contributed by atoms with Crippen molar-refractivity contribution in [3.8, 4) is 11.3 Å². The molecule has 2 N–H and O–H groups in total. The van der Waals surface area contributed by atoms with Gasteiger partial charge < -0.3 is 19.4 Å². The number of benzene rings is 1. The van der Waals surface area contributed by atoms with Crippen molar-refractivity contribution >= 4 is 34.8 Å². The summed E-state index contributed by atoms with van der Waals surface area (Å²) < 4.78 is 18.8. The van der Waals surface area contributed by atoms with E-state index in [1.807, 2.05) is 6.92 Å². The summed E-state index contributed by atoms with van der Waals surface area (Å²) in [5.41, 5.74) is 2.03. The van der Waals surface area contributed by atoms with E-state index in [4.69, 9.17) is 4.42 Å². The fraction of sp³-hybridized carbons (Fsp3) is 0.263. The van der Waals surface area contributed by atoms with E-state index >= 15 is 0 Å². The van der Waals surface area contributed by atoms with Gasteiger partial charge in [-0.1, -0.05) is 11.3 Å². The van der Waals surface area contributed by atoms with E-state index in [1.165, 1.54) is 36.8 Å². The first kappa shape index (κ1) is 19.1. The summed E-state index contributed by atoms with van der Waals surface area (Å²) in [6.07, 6.45) is 2.70. The van der Waals surface area contributed by atoms with Gasteiger partial charge in [-0.25, -0.2) is 14.2 Å². The van der Waals surface area contributed by atoms with Gasteiger partial charge in [0, 0.05) is 19.0 Å². The average Bonchev–Trinajstić information content (AvgIpc) is 3.35. The number of amides is 2. The fourth-order valence-electron chi connectivity index (χ4n) is 3.32. The summed E-state index contributed by atoms with van der Waals surface area (Å²) in [6.45, 7) is 1.93. The highest BCUT2D eigenvalue weighted by Gasteiger charge is 2.37. The molecular weight excluding hydrogens is 397 g/mol. The number of fused-ring (bicyclic) bond motifs is 1. The SMILES string of the molecule is CNC(=O)Nc1nc2c(s1)[C@H](C)N(c1nc(-c3ccc(F)cc3)co1)[C@H](C=O)C2. The molecule has 2 amide bonds. The smallest absolute Gasteiger partial charge is 0.320 e. The van der Waals surface area contributed by atoms with E-state index < -0.39 is 6.04 Å². The Morgan fingerprint density at radius 3 is 2.79 bits per heavy atom. The molecule has 0 unspecified atom stereocenters. The number of nitrogens with zero attached hydrogens (tertiary/aromatic N) is 3. The number of aromatic nitrogens is 2. The van der Waals surface area contributed by atoms with Crippen molar-refractivity contribution in [1.29, 1.82) is 0 Å². The summed E-state index contributed by atoms with van der Waals surface area (Å²) in [4.78, 5) is 35.0. The maximum Gasteiger partial charge on any atom is 0.320 e. The molecule has 2 atom stereocenters. The van der Waals surface area contributed by atoms with Crippen molar-refractivity contribution in [2.75, 3.05) is 17.3 Å². The monoisotopic (exact) mass is 415 g/mol. The predicted octanol–water partition coefficient (Wildman–Crippen LogP) is 3.38. The van der Waals surface area contributed by atoms with Gasteiger partial charge in [0.15, 0.2) is 5.13 Å². The third kappa shape index (κ3) is 3.58. The maximum absolute atomic E-state index is 13.2. The first-order valence-corrected chi connectivity index (χ1v) is 9.75. The molecule has 10 heteroatoms. The Labute approximate surface area is 169 Å². The highest BCUT2D eigenvalue weighted by molar-refractivity contribution is 7.16. The van der Waals surface area contributed by atoms with Gasteiger partial charge >= 0.3 is 6.03 Å². The Hall–Kier alpha value is -3.27. The van der Waals surface area contributed by atoms with Crippen molar-refractivity contribution in [3.05, 3.63) is 46.9 Å². The molecule has 0 radical (unpaired) electrons. The Kier molecular flexibility index (Phi) is 5.01. The number of rotatable bonds is 4. The van der Waals surface area contributed by atoms with Crippen molar-refractivity contribution in [3.63, 3.8) is 0 Å². The van der Waals surface area contributed by atoms with E-state index in [-0.39, 0.29) is 17.9 Å². The summed E-state index contributed by atoms with van der Waals surface area (Å²) in [6, 6.07) is 5.15. The minimum atomic E-state index is -0.507. The molecule has 1 aliphatic heterocycles. The number of nitrogens with one attached hydrogen (secondary N) is 2. The first-order valence-electron chi connectivity index (χ1n) is 8.93. The number of hydrogen-bond donors (Lipinski definition) is 2. The summed E-state index contributed by atoms with van der Waals surface area (Å²) in [7, 11) is 1.52. The van der Waals surface area contributed by atoms with Gasteiger partial charge in [0.1, 0.15) is 24.1 Å². The Morgan fingerprint density at radius 2 is 2.10 bits per heavy atom. The highest BCUT2D eigenvalue weighted by Crippen LogP contribution is 2.40. The number of carbonyl (C=O) groups is 2. The van der Waals surface area contributed by atoms with Gasteiger partial charge in [-0.2, -0.15) is 4.98 Å². The van der Waals surface area contributed by atoms with E-state index in [0.717, 1.165) is 16.9 Å². The van der Waals surface area contributed by atoms with Crippen LogP contribution in [0.4, 0.5) is 20.3 Å². The maximum atomic E-state index is 13.2. The zero-order valence-corrected chi connectivity index (χ0v) is 16.5. The molecule has 2 aromatic heterocycles. The summed E-state index contributed by atoms with van der Waals surface area (Å²) in [5.74, 6) is -0.331. The minimum Gasteiger partial charge on any atom is -0.431 e. The van der Waals surface area contributed by atoms with Crippen LogP contribution in [0, 0.1) is 5.82 Å². The lowest BCUT2D eigenvalue weighted by Gasteiger charge is -2.35. The number of thiazole rings is 1. The Bertz CT molecular complexity index is 1050. The van der Waals surface area contributed by atoms with Gasteiger partial charge in [0.25, 0.3) is 6.01 Å². The van der Waals surface area contributed by atoms with Crippen LogP contribution in [0.2, 0.25) is 0 Å². The zero-order valence-electron chi connectivity index (χ0n) is 15.7. The van der Waals surface area contributed by atoms with E-state index in [1.54, 1.807) is 17.0 Å². The first-order chi connectivity index (χ1) is 14.0. The van der Waals surface area contributed by atoms with Crippen molar-refractivity contribution in [1.82, 2.24) is 15.3 Å². The van der Waals surface area contributed by atoms with Gasteiger partial charge in [0.2, 0.25) is 0 Å². The molecule has 0 aliphatic carbocycles. The molecule has 0 fully saturated rings. The van der Waals surface area contributed by atoms with Gasteiger partial charge in [-0.05, 0) is 31.2 Å². The predicted molar refractivity (Wildman–Crippen MR) is 107 cm³/mol. The topological polar surface area (TPSA) is 100 Å². The number of urea groups is 1. The zero-order chi connectivity index (χ0) is 20.5. The molecule has 0 saturated heterocycles. The van der Waals surface area contributed by atoms with Crippen LogP contribution in [0.3, 0.4) is 0 Å². The second-order valence-corrected chi connectivity index (χ2v) is 7.58. The molecule has 0 bridgehead atoms. The quantitative estimate of drug-likeness (QED) is 0.634. The van der Waals surface area contributed by atoms with Crippen LogP contribution in [0.15, 0.2) is 34.9 Å². The summed E-state index contributed by atoms with van der Waals surface area (Å²) >= 11 is 1.35. The standard InChI is InChI=1S/C19H18FN5O3S/c1-10-16-14(22-18(29-16)24-17(27)21-2)7-13(8-26)25(10)19-23-15(9-28-19)11-3-5-12(20)6-4-11/h3-6,8-10,13H,7H2,1-2H3,(H2,21,22,24,27)/t10-,13-/m0/s1. The second kappa shape index (κ2) is 7.63. The number of anilines is 2. The van der Waals surface area contributed by atoms with Gasteiger partial charge in [0.05, 0.1) is 22.7 Å². The van der Waals surface area contributed by atoms with Crippen molar-refractivity contribution in [2.45, 2.75) is 25.4 Å². The van der Waals surface area contributed by atoms with Crippen LogP contribution in [0.5, 0.6) is 0 Å². The molecule has 1 aromatic carbocycles. The second-order valence-electron chi connectivity index (χ2n) is 6.55. The van der Waals surface area contributed by atoms with Crippen molar-refractivity contribution in [2.24, 2.45) is 0 Å². The number of oxazole rings is 1. The molecule has 4 rings (SSSR count). The average molecular weight is 415 g/mol. The molecule has 29 heavy (non-hydrogen) atoms. The third-order valence-corrected chi connectivity index (χ3v) is 5.92. The molecule has 0 spiro atoms. The highest BCUT2D eigenvalue weighted by atomic mass is 32.1. The molecule has 3 heterocycles. The van der Waals surface area contributed by atoms with E-state index in [9.17, 15) is 14.0 Å². The van der Waals surface area contributed by atoms with E-state index in [2.05, 4.69) is 20.6 Å². The summed E-state index contributed by atoms with van der Waals surface area (Å²) in [5, 5.41) is 5.62. The number of aldehydes is 1. The van der Waals surface area contributed by atoms with Gasteiger partial charge in [-0.3, -0.25) is 5.32 Å². The lowest BCUT2D eigenvalue weighted by atomic mass is 10.0. The molecule has 8 nitrogen and oxygen atoms in total.